The maximum Gasteiger partial charge on any atom is 0.416 e. The summed E-state index contributed by atoms with van der Waals surface area (Å²) in [7, 11) is 1.58. The van der Waals surface area contributed by atoms with Crippen LogP contribution in [-0.4, -0.2) is 44.0 Å². The van der Waals surface area contributed by atoms with Gasteiger partial charge < -0.3 is 24.6 Å². The number of aliphatic hydroxyl groups excluding tert-OH is 1. The average molecular weight is 427 g/mol. The maximum atomic E-state index is 12.5. The van der Waals surface area contributed by atoms with E-state index in [-0.39, 0.29) is 31.2 Å². The molecule has 0 aliphatic heterocycles. The molecule has 0 aliphatic carbocycles. The highest BCUT2D eigenvalue weighted by molar-refractivity contribution is 5.75. The second-order valence-electron chi connectivity index (χ2n) is 6.42. The van der Waals surface area contributed by atoms with Gasteiger partial charge in [0.15, 0.2) is 0 Å². The van der Waals surface area contributed by atoms with E-state index in [0.29, 0.717) is 18.8 Å². The fourth-order valence-corrected chi connectivity index (χ4v) is 2.41. The van der Waals surface area contributed by atoms with Gasteiger partial charge in [-0.25, -0.2) is 0 Å². The van der Waals surface area contributed by atoms with Crippen molar-refractivity contribution in [2.24, 2.45) is 0 Å². The van der Waals surface area contributed by atoms with Crippen molar-refractivity contribution in [3.05, 3.63) is 54.1 Å². The lowest BCUT2D eigenvalue weighted by molar-refractivity contribution is -0.137. The molecular formula is C21H24F3NO5. The van der Waals surface area contributed by atoms with E-state index in [4.69, 9.17) is 14.2 Å². The predicted octanol–water partition coefficient (Wildman–Crippen LogP) is 3.43. The summed E-state index contributed by atoms with van der Waals surface area (Å²) in [5.41, 5.74) is -0.779. The molecule has 0 aromatic heterocycles. The molecule has 0 fully saturated rings. The third-order valence-electron chi connectivity index (χ3n) is 4.04. The topological polar surface area (TPSA) is 77.0 Å². The Kier molecular flexibility index (Phi) is 8.79. The minimum absolute atomic E-state index is 0.0290. The number of halogens is 3. The van der Waals surface area contributed by atoms with Crippen LogP contribution < -0.4 is 19.5 Å². The number of alkyl halides is 3. The summed E-state index contributed by atoms with van der Waals surface area (Å²) in [5.74, 6) is 1.35. The third kappa shape index (κ3) is 8.20. The molecule has 30 heavy (non-hydrogen) atoms. The van der Waals surface area contributed by atoms with Crippen molar-refractivity contribution in [3.63, 3.8) is 0 Å². The zero-order valence-corrected chi connectivity index (χ0v) is 16.4. The van der Waals surface area contributed by atoms with E-state index < -0.39 is 17.8 Å². The van der Waals surface area contributed by atoms with Crippen LogP contribution in [0.15, 0.2) is 48.5 Å². The lowest BCUT2D eigenvalue weighted by atomic mass is 10.2. The second-order valence-corrected chi connectivity index (χ2v) is 6.42. The molecule has 2 aromatic rings. The standard InChI is InChI=1S/C21H24F3NO5/c1-28-17-8-10-18(11-9-17)29-12-2-3-20(27)25-13-16(26)14-30-19-6-4-15(5-7-19)21(22,23)24/h4-11,16,26H,2-3,12-14H2,1H3,(H,25,27). The third-order valence-corrected chi connectivity index (χ3v) is 4.04. The summed E-state index contributed by atoms with van der Waals surface area (Å²) in [6.07, 6.45) is -4.69. The van der Waals surface area contributed by atoms with Gasteiger partial charge in [0.25, 0.3) is 0 Å². The van der Waals surface area contributed by atoms with Gasteiger partial charge in [0, 0.05) is 13.0 Å². The Bertz CT molecular complexity index is 779. The summed E-state index contributed by atoms with van der Waals surface area (Å²) in [4.78, 5) is 11.8. The predicted molar refractivity (Wildman–Crippen MR) is 104 cm³/mol. The molecule has 0 saturated heterocycles. The number of hydrogen-bond acceptors (Lipinski definition) is 5. The fraction of sp³-hybridized carbons (Fsp3) is 0.381. The molecule has 2 rings (SSSR count). The number of nitrogens with one attached hydrogen (secondary N) is 1. The minimum Gasteiger partial charge on any atom is -0.497 e. The van der Waals surface area contributed by atoms with Crippen molar-refractivity contribution in [2.75, 3.05) is 26.9 Å². The molecule has 1 amide bonds. The number of amides is 1. The molecule has 0 spiro atoms. The SMILES string of the molecule is COc1ccc(OCCCC(=O)NCC(O)COc2ccc(C(F)(F)F)cc2)cc1. The van der Waals surface area contributed by atoms with Crippen molar-refractivity contribution in [1.29, 1.82) is 0 Å². The normalized spacial score (nSPS) is 12.2. The number of rotatable bonds is 11. The highest BCUT2D eigenvalue weighted by Crippen LogP contribution is 2.30. The first kappa shape index (κ1) is 23.3. The van der Waals surface area contributed by atoms with Crippen molar-refractivity contribution < 1.29 is 37.3 Å². The smallest absolute Gasteiger partial charge is 0.416 e. The van der Waals surface area contributed by atoms with E-state index in [1.165, 1.54) is 12.1 Å². The number of carbonyl (C=O) groups is 1. The zero-order valence-electron chi connectivity index (χ0n) is 16.4. The van der Waals surface area contributed by atoms with Gasteiger partial charge in [-0.15, -0.1) is 0 Å². The number of aliphatic hydroxyl groups is 1. The Hall–Kier alpha value is -2.94. The van der Waals surface area contributed by atoms with Crippen LogP contribution in [0.25, 0.3) is 0 Å². The van der Waals surface area contributed by atoms with Crippen molar-refractivity contribution in [1.82, 2.24) is 5.32 Å². The van der Waals surface area contributed by atoms with Gasteiger partial charge in [-0.05, 0) is 55.0 Å². The summed E-state index contributed by atoms with van der Waals surface area (Å²) < 4.78 is 53.3. The summed E-state index contributed by atoms with van der Waals surface area (Å²) in [6, 6.07) is 11.2. The van der Waals surface area contributed by atoms with E-state index in [0.717, 1.165) is 17.9 Å². The first-order chi connectivity index (χ1) is 14.3. The van der Waals surface area contributed by atoms with E-state index in [1.807, 2.05) is 0 Å². The second kappa shape index (κ2) is 11.3. The number of ether oxygens (including phenoxy) is 3. The van der Waals surface area contributed by atoms with Crippen LogP contribution >= 0.6 is 0 Å². The van der Waals surface area contributed by atoms with Crippen molar-refractivity contribution in [3.8, 4) is 17.2 Å². The van der Waals surface area contributed by atoms with Crippen molar-refractivity contribution >= 4 is 5.91 Å². The maximum absolute atomic E-state index is 12.5. The Morgan fingerprint density at radius 1 is 1.00 bits per heavy atom. The van der Waals surface area contributed by atoms with Gasteiger partial charge in [0.05, 0.1) is 19.3 Å². The van der Waals surface area contributed by atoms with Crippen molar-refractivity contribution in [2.45, 2.75) is 25.1 Å². The van der Waals surface area contributed by atoms with Crippen LogP contribution in [0.5, 0.6) is 17.2 Å². The first-order valence-corrected chi connectivity index (χ1v) is 9.29. The van der Waals surface area contributed by atoms with Gasteiger partial charge in [0.2, 0.25) is 5.91 Å². The van der Waals surface area contributed by atoms with E-state index in [9.17, 15) is 23.1 Å². The van der Waals surface area contributed by atoms with E-state index >= 15 is 0 Å². The minimum atomic E-state index is -4.41. The molecule has 0 bridgehead atoms. The number of benzene rings is 2. The molecule has 0 heterocycles. The molecule has 0 saturated carbocycles. The molecule has 1 atom stereocenters. The zero-order chi connectivity index (χ0) is 22.0. The Labute approximate surface area is 172 Å². The molecule has 0 radical (unpaired) electrons. The molecule has 2 aromatic carbocycles. The first-order valence-electron chi connectivity index (χ1n) is 9.29. The molecular weight excluding hydrogens is 403 g/mol. The Morgan fingerprint density at radius 2 is 1.57 bits per heavy atom. The number of carbonyl (C=O) groups excluding carboxylic acids is 1. The van der Waals surface area contributed by atoms with Crippen LogP contribution in [0.4, 0.5) is 13.2 Å². The largest absolute Gasteiger partial charge is 0.497 e. The van der Waals surface area contributed by atoms with E-state index in [1.54, 1.807) is 31.4 Å². The Morgan fingerprint density at radius 3 is 2.17 bits per heavy atom. The molecule has 164 valence electrons. The van der Waals surface area contributed by atoms with Gasteiger partial charge in [-0.2, -0.15) is 13.2 Å². The molecule has 6 nitrogen and oxygen atoms in total. The van der Waals surface area contributed by atoms with Gasteiger partial charge in [-0.1, -0.05) is 0 Å². The van der Waals surface area contributed by atoms with Crippen LogP contribution in [-0.2, 0) is 11.0 Å². The highest BCUT2D eigenvalue weighted by atomic mass is 19.4. The van der Waals surface area contributed by atoms with Crippen LogP contribution in [0.1, 0.15) is 18.4 Å². The molecule has 2 N–H and O–H groups in total. The fourth-order valence-electron chi connectivity index (χ4n) is 2.41. The number of hydrogen-bond donors (Lipinski definition) is 2. The average Bonchev–Trinajstić information content (AvgIpc) is 2.74. The lowest BCUT2D eigenvalue weighted by Crippen LogP contribution is -2.35. The molecule has 9 heteroatoms. The lowest BCUT2D eigenvalue weighted by Gasteiger charge is -2.14. The Balaban J connectivity index is 1.58. The summed E-state index contributed by atoms with van der Waals surface area (Å²) >= 11 is 0. The quantitative estimate of drug-likeness (QED) is 0.538. The van der Waals surface area contributed by atoms with E-state index in [2.05, 4.69) is 5.32 Å². The van der Waals surface area contributed by atoms with Gasteiger partial charge in [-0.3, -0.25) is 4.79 Å². The van der Waals surface area contributed by atoms with Gasteiger partial charge >= 0.3 is 6.18 Å². The summed E-state index contributed by atoms with van der Waals surface area (Å²) in [6.45, 7) is 0.171. The molecule has 1 unspecified atom stereocenters. The van der Waals surface area contributed by atoms with Crippen LogP contribution in [0.2, 0.25) is 0 Å². The summed E-state index contributed by atoms with van der Waals surface area (Å²) in [5, 5.41) is 12.4. The number of methoxy groups -OCH3 is 1. The van der Waals surface area contributed by atoms with Crippen LogP contribution in [0.3, 0.4) is 0 Å². The van der Waals surface area contributed by atoms with Crippen LogP contribution in [0, 0.1) is 0 Å². The monoisotopic (exact) mass is 427 g/mol. The highest BCUT2D eigenvalue weighted by Gasteiger charge is 2.30. The molecule has 0 aliphatic rings. The van der Waals surface area contributed by atoms with Gasteiger partial charge in [0.1, 0.15) is 30.0 Å².